The minimum atomic E-state index is 0.0890. The van der Waals surface area contributed by atoms with Crippen LogP contribution in [0.4, 0.5) is 0 Å². The van der Waals surface area contributed by atoms with Gasteiger partial charge in [-0.1, -0.05) is 31.0 Å². The fourth-order valence-electron chi connectivity index (χ4n) is 1.67. The molecule has 3 heteroatoms. The van der Waals surface area contributed by atoms with Crippen molar-refractivity contribution < 1.29 is 0 Å². The van der Waals surface area contributed by atoms with Gasteiger partial charge in [-0.2, -0.15) is 0 Å². The molecule has 0 rings (SSSR count). The summed E-state index contributed by atoms with van der Waals surface area (Å²) in [6, 6.07) is 0.0890. The van der Waals surface area contributed by atoms with Crippen LogP contribution in [0.3, 0.4) is 0 Å². The van der Waals surface area contributed by atoms with Gasteiger partial charge >= 0.3 is 0 Å². The summed E-state index contributed by atoms with van der Waals surface area (Å²) in [5.41, 5.74) is 11.7. The Morgan fingerprint density at radius 3 is 2.61 bits per heavy atom. The highest BCUT2D eigenvalue weighted by molar-refractivity contribution is 4.86. The van der Waals surface area contributed by atoms with Crippen LogP contribution in [0, 0.1) is 0 Å². The highest BCUT2D eigenvalue weighted by Gasteiger charge is 2.03. The second-order valence-corrected chi connectivity index (χ2v) is 4.37. The Balaban J connectivity index is 3.79. The number of unbranched alkanes of at least 4 members (excludes halogenated alkanes) is 3. The maximum absolute atomic E-state index is 8.46. The Bertz CT molecular complexity index is 308. The maximum Gasteiger partial charge on any atom is 0.0380 e. The molecule has 0 spiro atoms. The lowest BCUT2D eigenvalue weighted by Gasteiger charge is -2.06. The molecular formula is C15H25N3. The van der Waals surface area contributed by atoms with E-state index >= 15 is 0 Å². The molecule has 0 fully saturated rings. The van der Waals surface area contributed by atoms with Gasteiger partial charge in [0.25, 0.3) is 0 Å². The molecule has 1 atom stereocenters. The zero-order valence-electron chi connectivity index (χ0n) is 11.5. The predicted molar refractivity (Wildman–Crippen MR) is 78.4 cm³/mol. The van der Waals surface area contributed by atoms with Gasteiger partial charge in [-0.3, -0.25) is 0 Å². The number of azide groups is 1. The molecule has 0 aliphatic heterocycles. The Morgan fingerprint density at radius 1 is 1.22 bits per heavy atom. The van der Waals surface area contributed by atoms with Crippen molar-refractivity contribution in [3.05, 3.63) is 41.0 Å². The van der Waals surface area contributed by atoms with Crippen molar-refractivity contribution in [3.63, 3.8) is 0 Å². The van der Waals surface area contributed by atoms with Crippen LogP contribution in [0.15, 0.2) is 35.7 Å². The van der Waals surface area contributed by atoms with Crippen molar-refractivity contribution in [2.75, 3.05) is 0 Å². The Morgan fingerprint density at radius 2 is 1.94 bits per heavy atom. The van der Waals surface area contributed by atoms with E-state index in [0.29, 0.717) is 0 Å². The summed E-state index contributed by atoms with van der Waals surface area (Å²) in [4.78, 5) is 2.89. The van der Waals surface area contributed by atoms with Crippen LogP contribution in [-0.4, -0.2) is 6.04 Å². The molecule has 0 aromatic heterocycles. The van der Waals surface area contributed by atoms with Crippen LogP contribution in [0.2, 0.25) is 0 Å². The summed E-state index contributed by atoms with van der Waals surface area (Å²) in [6.45, 7) is 5.89. The van der Waals surface area contributed by atoms with Gasteiger partial charge in [0.15, 0.2) is 0 Å². The average molecular weight is 247 g/mol. The number of nitrogens with zero attached hydrogens (tertiary/aromatic N) is 3. The quantitative estimate of drug-likeness (QED) is 0.112. The average Bonchev–Trinajstić information content (AvgIpc) is 2.39. The SMILES string of the molecule is C=CCC[C@@H](CCC=C=CCCCCC)N=[N+]=[N-]. The van der Waals surface area contributed by atoms with E-state index < -0.39 is 0 Å². The van der Waals surface area contributed by atoms with Crippen LogP contribution in [0.1, 0.15) is 58.3 Å². The van der Waals surface area contributed by atoms with Crippen molar-refractivity contribution in [2.24, 2.45) is 5.11 Å². The third-order valence-corrected chi connectivity index (χ3v) is 2.75. The first-order valence-electron chi connectivity index (χ1n) is 6.89. The van der Waals surface area contributed by atoms with E-state index in [2.05, 4.69) is 35.3 Å². The first-order chi connectivity index (χ1) is 8.85. The second-order valence-electron chi connectivity index (χ2n) is 4.37. The van der Waals surface area contributed by atoms with E-state index in [0.717, 1.165) is 32.1 Å². The van der Waals surface area contributed by atoms with Gasteiger partial charge < -0.3 is 0 Å². The van der Waals surface area contributed by atoms with Crippen LogP contribution in [-0.2, 0) is 0 Å². The minimum Gasteiger partial charge on any atom is -0.130 e. The summed E-state index contributed by atoms with van der Waals surface area (Å²) in [7, 11) is 0. The molecule has 0 saturated carbocycles. The molecule has 0 aromatic carbocycles. The molecule has 18 heavy (non-hydrogen) atoms. The fraction of sp³-hybridized carbons (Fsp3) is 0.667. The van der Waals surface area contributed by atoms with E-state index in [1.807, 2.05) is 12.2 Å². The van der Waals surface area contributed by atoms with Crippen LogP contribution < -0.4 is 0 Å². The van der Waals surface area contributed by atoms with E-state index in [-0.39, 0.29) is 6.04 Å². The summed E-state index contributed by atoms with van der Waals surface area (Å²) in [5.74, 6) is 0. The molecular weight excluding hydrogens is 222 g/mol. The first-order valence-corrected chi connectivity index (χ1v) is 6.89. The topological polar surface area (TPSA) is 48.8 Å². The normalized spacial score (nSPS) is 10.9. The molecule has 0 heterocycles. The summed E-state index contributed by atoms with van der Waals surface area (Å²) in [6.07, 6.45) is 14.5. The molecule has 0 unspecified atom stereocenters. The first kappa shape index (κ1) is 16.6. The summed E-state index contributed by atoms with van der Waals surface area (Å²) < 4.78 is 0. The van der Waals surface area contributed by atoms with Crippen LogP contribution in [0.25, 0.3) is 10.4 Å². The van der Waals surface area contributed by atoms with E-state index in [9.17, 15) is 0 Å². The van der Waals surface area contributed by atoms with Gasteiger partial charge in [-0.05, 0) is 56.2 Å². The smallest absolute Gasteiger partial charge is 0.0380 e. The third-order valence-electron chi connectivity index (χ3n) is 2.75. The summed E-state index contributed by atoms with van der Waals surface area (Å²) in [5, 5.41) is 3.79. The van der Waals surface area contributed by atoms with Crippen LogP contribution in [0.5, 0.6) is 0 Å². The number of rotatable bonds is 11. The van der Waals surface area contributed by atoms with Gasteiger partial charge in [0.05, 0.1) is 0 Å². The molecule has 0 aromatic rings. The molecule has 0 aliphatic carbocycles. The Kier molecular flexibility index (Phi) is 12.6. The third kappa shape index (κ3) is 11.1. The molecule has 0 bridgehead atoms. The van der Waals surface area contributed by atoms with Gasteiger partial charge in [0.1, 0.15) is 0 Å². The molecule has 0 saturated heterocycles. The second kappa shape index (κ2) is 13.6. The lowest BCUT2D eigenvalue weighted by molar-refractivity contribution is 0.577. The standard InChI is InChI=1S/C15H25N3/c1-3-5-7-8-9-10-11-12-14-15(17-18-16)13-6-4-2/h4,9,11,15H,2-3,5-8,12-14H2,1H3/t10?,15-/m0/s1. The molecule has 0 N–H and O–H groups in total. The fourth-order valence-corrected chi connectivity index (χ4v) is 1.67. The van der Waals surface area contributed by atoms with Gasteiger partial charge in [0.2, 0.25) is 0 Å². The van der Waals surface area contributed by atoms with Gasteiger partial charge in [-0.15, -0.1) is 12.3 Å². The Labute approximate surface area is 111 Å². The Hall–Kier alpha value is -1.43. The predicted octanol–water partition coefficient (Wildman–Crippen LogP) is 5.70. The van der Waals surface area contributed by atoms with E-state index in [4.69, 9.17) is 5.53 Å². The largest absolute Gasteiger partial charge is 0.130 e. The van der Waals surface area contributed by atoms with E-state index in [1.54, 1.807) is 0 Å². The van der Waals surface area contributed by atoms with E-state index in [1.165, 1.54) is 19.3 Å². The highest BCUT2D eigenvalue weighted by atomic mass is 15.1. The lowest BCUT2D eigenvalue weighted by Crippen LogP contribution is -2.01. The number of hydrogen-bond donors (Lipinski definition) is 0. The molecule has 0 aliphatic rings. The highest BCUT2D eigenvalue weighted by Crippen LogP contribution is 2.10. The van der Waals surface area contributed by atoms with Crippen molar-refractivity contribution >= 4 is 0 Å². The van der Waals surface area contributed by atoms with Crippen molar-refractivity contribution in [1.29, 1.82) is 0 Å². The number of allylic oxidation sites excluding steroid dienone is 2. The van der Waals surface area contributed by atoms with Crippen molar-refractivity contribution in [1.82, 2.24) is 0 Å². The monoisotopic (exact) mass is 247 g/mol. The molecule has 0 amide bonds. The van der Waals surface area contributed by atoms with Crippen molar-refractivity contribution in [2.45, 2.75) is 64.3 Å². The zero-order chi connectivity index (χ0) is 13.5. The van der Waals surface area contributed by atoms with Gasteiger partial charge in [-0.25, -0.2) is 0 Å². The van der Waals surface area contributed by atoms with Crippen molar-refractivity contribution in [3.8, 4) is 0 Å². The van der Waals surface area contributed by atoms with Crippen LogP contribution >= 0.6 is 0 Å². The summed E-state index contributed by atoms with van der Waals surface area (Å²) >= 11 is 0. The van der Waals surface area contributed by atoms with Gasteiger partial charge in [0, 0.05) is 11.0 Å². The minimum absolute atomic E-state index is 0.0890. The maximum atomic E-state index is 8.46. The molecule has 100 valence electrons. The molecule has 3 nitrogen and oxygen atoms in total. The zero-order valence-corrected chi connectivity index (χ0v) is 11.5. The lowest BCUT2D eigenvalue weighted by atomic mass is 10.1. The number of hydrogen-bond acceptors (Lipinski definition) is 1. The molecule has 0 radical (unpaired) electrons.